The van der Waals surface area contributed by atoms with E-state index >= 15 is 0 Å². The van der Waals surface area contributed by atoms with Crippen LogP contribution in [0.2, 0.25) is 0 Å². The quantitative estimate of drug-likeness (QED) is 0.657. The molecule has 0 spiro atoms. The average Bonchev–Trinajstić information content (AvgIpc) is 3.07. The molecule has 27 heavy (non-hydrogen) atoms. The van der Waals surface area contributed by atoms with Gasteiger partial charge < -0.3 is 9.14 Å². The maximum atomic E-state index is 12.0. The van der Waals surface area contributed by atoms with E-state index in [9.17, 15) is 9.59 Å². The fraction of sp³-hybridized carbons (Fsp3) is 0.250. The molecule has 0 atom stereocenters. The van der Waals surface area contributed by atoms with Crippen LogP contribution in [0.25, 0.3) is 5.65 Å². The molecule has 2 amide bonds. The van der Waals surface area contributed by atoms with Gasteiger partial charge in [-0.05, 0) is 42.3 Å². The number of rotatable bonds is 6. The summed E-state index contributed by atoms with van der Waals surface area (Å²) in [7, 11) is 0. The topological polar surface area (TPSA) is 84.7 Å². The third-order valence-electron chi connectivity index (χ3n) is 3.83. The van der Waals surface area contributed by atoms with Gasteiger partial charge in [-0.2, -0.15) is 0 Å². The van der Waals surface area contributed by atoms with Crippen molar-refractivity contribution < 1.29 is 14.3 Å². The summed E-state index contributed by atoms with van der Waals surface area (Å²) in [6.45, 7) is 4.21. The number of nitrogens with zero attached hydrogens (tertiary/aromatic N) is 2. The summed E-state index contributed by atoms with van der Waals surface area (Å²) >= 11 is 0. The highest BCUT2D eigenvalue weighted by Crippen LogP contribution is 2.14. The number of aromatic nitrogens is 2. The number of amides is 2. The maximum Gasteiger partial charge on any atom is 0.269 e. The Morgan fingerprint density at radius 3 is 2.59 bits per heavy atom. The molecule has 0 saturated carbocycles. The van der Waals surface area contributed by atoms with E-state index in [0.717, 1.165) is 11.3 Å². The van der Waals surface area contributed by atoms with Crippen molar-refractivity contribution in [2.45, 2.75) is 26.9 Å². The third-order valence-corrected chi connectivity index (χ3v) is 3.83. The first kappa shape index (κ1) is 18.4. The van der Waals surface area contributed by atoms with Crippen molar-refractivity contribution in [3.8, 4) is 5.75 Å². The minimum Gasteiger partial charge on any atom is -0.487 e. The Bertz CT molecular complexity index is 899. The Kier molecular flexibility index (Phi) is 5.71. The van der Waals surface area contributed by atoms with E-state index in [4.69, 9.17) is 4.74 Å². The van der Waals surface area contributed by atoms with Gasteiger partial charge >= 0.3 is 0 Å². The standard InChI is InChI=1S/C20H22N4O3/c1-14(2)11-19(25)22-23-20(26)15-6-8-17(9-7-15)27-13-16-12-24-10-4-3-5-18(24)21-16/h3-10,12,14H,11,13H2,1-2H3,(H,22,25)(H,23,26). The van der Waals surface area contributed by atoms with Gasteiger partial charge in [0.2, 0.25) is 5.91 Å². The van der Waals surface area contributed by atoms with Crippen molar-refractivity contribution in [3.63, 3.8) is 0 Å². The van der Waals surface area contributed by atoms with Crippen LogP contribution in [-0.2, 0) is 11.4 Å². The van der Waals surface area contributed by atoms with Gasteiger partial charge in [-0.1, -0.05) is 19.9 Å². The van der Waals surface area contributed by atoms with Crippen LogP contribution in [0.15, 0.2) is 54.9 Å². The third kappa shape index (κ3) is 5.07. The largest absolute Gasteiger partial charge is 0.487 e. The molecular formula is C20H22N4O3. The Labute approximate surface area is 157 Å². The predicted molar refractivity (Wildman–Crippen MR) is 101 cm³/mol. The normalized spacial score (nSPS) is 10.8. The molecule has 0 saturated heterocycles. The number of benzene rings is 1. The number of nitrogens with one attached hydrogen (secondary N) is 2. The van der Waals surface area contributed by atoms with Gasteiger partial charge in [0.05, 0.1) is 5.69 Å². The number of ether oxygens (including phenoxy) is 1. The van der Waals surface area contributed by atoms with Gasteiger partial charge in [0.25, 0.3) is 5.91 Å². The predicted octanol–water partition coefficient (Wildman–Crippen LogP) is 2.72. The van der Waals surface area contributed by atoms with Crippen LogP contribution in [0.4, 0.5) is 0 Å². The van der Waals surface area contributed by atoms with Gasteiger partial charge in [-0.3, -0.25) is 20.4 Å². The van der Waals surface area contributed by atoms with Crippen LogP contribution in [0.1, 0.15) is 36.3 Å². The Morgan fingerprint density at radius 1 is 1.11 bits per heavy atom. The molecule has 7 heteroatoms. The maximum absolute atomic E-state index is 12.0. The summed E-state index contributed by atoms with van der Waals surface area (Å²) < 4.78 is 7.65. The van der Waals surface area contributed by atoms with E-state index in [1.165, 1.54) is 0 Å². The van der Waals surface area contributed by atoms with Crippen molar-refractivity contribution in [1.29, 1.82) is 0 Å². The van der Waals surface area contributed by atoms with Crippen LogP contribution in [0.5, 0.6) is 5.75 Å². The Balaban J connectivity index is 1.52. The molecule has 7 nitrogen and oxygen atoms in total. The number of pyridine rings is 1. The smallest absolute Gasteiger partial charge is 0.269 e. The highest BCUT2D eigenvalue weighted by Gasteiger charge is 2.09. The van der Waals surface area contributed by atoms with E-state index in [-0.39, 0.29) is 17.7 Å². The molecule has 2 heterocycles. The molecule has 0 unspecified atom stereocenters. The monoisotopic (exact) mass is 366 g/mol. The van der Waals surface area contributed by atoms with Gasteiger partial charge in [-0.25, -0.2) is 4.98 Å². The molecule has 0 aliphatic rings. The summed E-state index contributed by atoms with van der Waals surface area (Å²) in [6, 6.07) is 12.5. The lowest BCUT2D eigenvalue weighted by atomic mass is 10.1. The molecule has 3 aromatic rings. The molecule has 1 aromatic carbocycles. The number of carbonyl (C=O) groups excluding carboxylic acids is 2. The van der Waals surface area contributed by atoms with Gasteiger partial charge in [0, 0.05) is 24.4 Å². The minimum atomic E-state index is -0.376. The van der Waals surface area contributed by atoms with Crippen molar-refractivity contribution in [1.82, 2.24) is 20.2 Å². The van der Waals surface area contributed by atoms with E-state index in [0.29, 0.717) is 24.3 Å². The molecule has 0 fully saturated rings. The van der Waals surface area contributed by atoms with E-state index in [1.54, 1.807) is 24.3 Å². The minimum absolute atomic E-state index is 0.217. The van der Waals surface area contributed by atoms with E-state index < -0.39 is 0 Å². The molecule has 0 aliphatic heterocycles. The van der Waals surface area contributed by atoms with Gasteiger partial charge in [0.15, 0.2) is 0 Å². The highest BCUT2D eigenvalue weighted by molar-refractivity contribution is 5.95. The summed E-state index contributed by atoms with van der Waals surface area (Å²) in [5.41, 5.74) is 6.92. The summed E-state index contributed by atoms with van der Waals surface area (Å²) in [5.74, 6) is 0.267. The van der Waals surface area contributed by atoms with Gasteiger partial charge in [0.1, 0.15) is 18.0 Å². The first-order chi connectivity index (χ1) is 13.0. The second-order valence-corrected chi connectivity index (χ2v) is 6.61. The van der Waals surface area contributed by atoms with Crippen molar-refractivity contribution >= 4 is 17.5 Å². The van der Waals surface area contributed by atoms with Crippen LogP contribution in [0, 0.1) is 5.92 Å². The first-order valence-electron chi connectivity index (χ1n) is 8.76. The zero-order valence-electron chi connectivity index (χ0n) is 15.3. The Hall–Kier alpha value is -3.35. The molecule has 2 N–H and O–H groups in total. The lowest BCUT2D eigenvalue weighted by Crippen LogP contribution is -2.41. The van der Waals surface area contributed by atoms with Crippen LogP contribution >= 0.6 is 0 Å². The second kappa shape index (κ2) is 8.35. The fourth-order valence-corrected chi connectivity index (χ4v) is 2.54. The summed E-state index contributed by atoms with van der Waals surface area (Å²) in [5, 5.41) is 0. The average molecular weight is 366 g/mol. The number of imidazole rings is 1. The lowest BCUT2D eigenvalue weighted by molar-refractivity contribution is -0.122. The number of fused-ring (bicyclic) bond motifs is 1. The first-order valence-corrected chi connectivity index (χ1v) is 8.76. The number of hydrogen-bond acceptors (Lipinski definition) is 4. The molecule has 0 radical (unpaired) electrons. The highest BCUT2D eigenvalue weighted by atomic mass is 16.5. The van der Waals surface area contributed by atoms with Crippen molar-refractivity contribution in [2.75, 3.05) is 0 Å². The number of hydrogen-bond donors (Lipinski definition) is 2. The molecule has 0 aliphatic carbocycles. The molecule has 140 valence electrons. The van der Waals surface area contributed by atoms with Crippen LogP contribution in [-0.4, -0.2) is 21.2 Å². The van der Waals surface area contributed by atoms with Gasteiger partial charge in [-0.15, -0.1) is 0 Å². The van der Waals surface area contributed by atoms with Crippen LogP contribution < -0.4 is 15.6 Å². The lowest BCUT2D eigenvalue weighted by Gasteiger charge is -2.09. The second-order valence-electron chi connectivity index (χ2n) is 6.61. The van der Waals surface area contributed by atoms with Crippen molar-refractivity contribution in [2.24, 2.45) is 5.92 Å². The number of carbonyl (C=O) groups is 2. The SMILES string of the molecule is CC(C)CC(=O)NNC(=O)c1ccc(OCc2cn3ccccc3n2)cc1. The summed E-state index contributed by atoms with van der Waals surface area (Å²) in [6.07, 6.45) is 4.20. The van der Waals surface area contributed by atoms with Crippen LogP contribution in [0.3, 0.4) is 0 Å². The van der Waals surface area contributed by atoms with E-state index in [2.05, 4.69) is 15.8 Å². The zero-order chi connectivity index (χ0) is 19.2. The zero-order valence-corrected chi connectivity index (χ0v) is 15.3. The molecule has 2 aromatic heterocycles. The van der Waals surface area contributed by atoms with E-state index in [1.807, 2.05) is 48.8 Å². The van der Waals surface area contributed by atoms with Crippen molar-refractivity contribution in [3.05, 3.63) is 66.1 Å². The molecule has 0 bridgehead atoms. The molecular weight excluding hydrogens is 344 g/mol. The number of hydrazine groups is 1. The fourth-order valence-electron chi connectivity index (χ4n) is 2.54. The molecule has 3 rings (SSSR count). The Morgan fingerprint density at radius 2 is 1.89 bits per heavy atom. The summed E-state index contributed by atoms with van der Waals surface area (Å²) in [4.78, 5) is 28.1.